The molecule has 0 bridgehead atoms. The van der Waals surface area contributed by atoms with Crippen LogP contribution < -0.4 is 0 Å². The van der Waals surface area contributed by atoms with Gasteiger partial charge in [-0.1, -0.05) is 13.8 Å². The number of hydrogen-bond acceptors (Lipinski definition) is 3. The number of hydrogen-bond donors (Lipinski definition) is 0. The SMILES string of the molecule is CCN1CC(=O)CN(CC)C1. The van der Waals surface area contributed by atoms with Crippen LogP contribution in [0.25, 0.3) is 0 Å². The number of carbonyl (C=O) groups is 1. The third kappa shape index (κ3) is 2.27. The second kappa shape index (κ2) is 3.83. The molecule has 0 aliphatic carbocycles. The molecule has 0 unspecified atom stereocenters. The number of likely N-dealkylation sites (N-methyl/N-ethyl adjacent to an activating group) is 2. The summed E-state index contributed by atoms with van der Waals surface area (Å²) in [5, 5.41) is 0. The van der Waals surface area contributed by atoms with Gasteiger partial charge in [0.15, 0.2) is 5.78 Å². The van der Waals surface area contributed by atoms with Crippen molar-refractivity contribution in [3.8, 4) is 0 Å². The van der Waals surface area contributed by atoms with Gasteiger partial charge in [0.05, 0.1) is 19.8 Å². The molecule has 3 heteroatoms. The second-order valence-corrected chi connectivity index (χ2v) is 2.97. The van der Waals surface area contributed by atoms with Gasteiger partial charge < -0.3 is 0 Å². The van der Waals surface area contributed by atoms with Crippen molar-refractivity contribution < 1.29 is 4.79 Å². The second-order valence-electron chi connectivity index (χ2n) is 2.97. The first kappa shape index (κ1) is 8.68. The summed E-state index contributed by atoms with van der Waals surface area (Å²) in [6, 6.07) is 0. The molecule has 1 fully saturated rings. The van der Waals surface area contributed by atoms with Gasteiger partial charge >= 0.3 is 0 Å². The number of Topliss-reactive ketones (excluding diaryl/α,β-unsaturated/α-hetero) is 1. The lowest BCUT2D eigenvalue weighted by Gasteiger charge is -2.32. The molecule has 0 N–H and O–H groups in total. The monoisotopic (exact) mass is 156 g/mol. The van der Waals surface area contributed by atoms with Crippen LogP contribution in [-0.4, -0.2) is 48.4 Å². The van der Waals surface area contributed by atoms with Gasteiger partial charge in [0.1, 0.15) is 0 Å². The molecule has 1 rings (SSSR count). The Bertz CT molecular complexity index is 133. The predicted octanol–water partition coefficient (Wildman–Crippen LogP) is 0.170. The molecule has 0 spiro atoms. The Morgan fingerprint density at radius 3 is 2.00 bits per heavy atom. The van der Waals surface area contributed by atoms with Gasteiger partial charge in [0.2, 0.25) is 0 Å². The van der Waals surface area contributed by atoms with E-state index in [1.807, 2.05) is 0 Å². The molecule has 0 aromatic heterocycles. The fraction of sp³-hybridized carbons (Fsp3) is 0.875. The predicted molar refractivity (Wildman–Crippen MR) is 44.4 cm³/mol. The van der Waals surface area contributed by atoms with E-state index in [1.165, 1.54) is 0 Å². The van der Waals surface area contributed by atoms with Gasteiger partial charge in [0, 0.05) is 0 Å². The highest BCUT2D eigenvalue weighted by atomic mass is 16.1. The topological polar surface area (TPSA) is 23.6 Å². The van der Waals surface area contributed by atoms with Crippen LogP contribution in [0.3, 0.4) is 0 Å². The van der Waals surface area contributed by atoms with Gasteiger partial charge in [-0.15, -0.1) is 0 Å². The summed E-state index contributed by atoms with van der Waals surface area (Å²) >= 11 is 0. The first-order valence-corrected chi connectivity index (χ1v) is 4.22. The highest BCUT2D eigenvalue weighted by Crippen LogP contribution is 2.01. The van der Waals surface area contributed by atoms with Crippen LogP contribution in [0.2, 0.25) is 0 Å². The highest BCUT2D eigenvalue weighted by Gasteiger charge is 2.20. The quantitative estimate of drug-likeness (QED) is 0.569. The molecule has 1 saturated heterocycles. The van der Waals surface area contributed by atoms with Crippen LogP contribution in [0.4, 0.5) is 0 Å². The Hall–Kier alpha value is -0.410. The van der Waals surface area contributed by atoms with E-state index in [9.17, 15) is 4.79 Å². The van der Waals surface area contributed by atoms with Crippen LogP contribution >= 0.6 is 0 Å². The zero-order valence-electron chi connectivity index (χ0n) is 7.34. The van der Waals surface area contributed by atoms with Crippen LogP contribution in [0, 0.1) is 0 Å². The Balaban J connectivity index is 2.43. The third-order valence-corrected chi connectivity index (χ3v) is 2.09. The van der Waals surface area contributed by atoms with Crippen molar-refractivity contribution >= 4 is 5.78 Å². The lowest BCUT2D eigenvalue weighted by Crippen LogP contribution is -2.49. The van der Waals surface area contributed by atoms with Gasteiger partial charge in [-0.05, 0) is 13.1 Å². The third-order valence-electron chi connectivity index (χ3n) is 2.09. The molecule has 0 aromatic carbocycles. The van der Waals surface area contributed by atoms with Crippen molar-refractivity contribution in [1.29, 1.82) is 0 Å². The normalized spacial score (nSPS) is 22.5. The minimum Gasteiger partial charge on any atom is -0.297 e. The van der Waals surface area contributed by atoms with Crippen molar-refractivity contribution in [3.05, 3.63) is 0 Å². The van der Waals surface area contributed by atoms with Crippen molar-refractivity contribution in [2.75, 3.05) is 32.8 Å². The minimum atomic E-state index is 0.347. The average molecular weight is 156 g/mol. The maximum absolute atomic E-state index is 11.1. The molecule has 0 radical (unpaired) electrons. The molecule has 0 saturated carbocycles. The molecule has 0 amide bonds. The number of carbonyl (C=O) groups excluding carboxylic acids is 1. The Morgan fingerprint density at radius 2 is 1.64 bits per heavy atom. The van der Waals surface area contributed by atoms with E-state index in [4.69, 9.17) is 0 Å². The zero-order chi connectivity index (χ0) is 8.27. The Kier molecular flexibility index (Phi) is 3.02. The van der Waals surface area contributed by atoms with E-state index < -0.39 is 0 Å². The van der Waals surface area contributed by atoms with Crippen molar-refractivity contribution in [1.82, 2.24) is 9.80 Å². The lowest BCUT2D eigenvalue weighted by molar-refractivity contribution is -0.125. The number of nitrogens with zero attached hydrogens (tertiary/aromatic N) is 2. The molecule has 3 nitrogen and oxygen atoms in total. The van der Waals surface area contributed by atoms with E-state index in [-0.39, 0.29) is 0 Å². The van der Waals surface area contributed by atoms with Crippen LogP contribution in [0.1, 0.15) is 13.8 Å². The van der Waals surface area contributed by atoms with Crippen molar-refractivity contribution in [2.45, 2.75) is 13.8 Å². The van der Waals surface area contributed by atoms with E-state index in [0.29, 0.717) is 18.9 Å². The molecule has 1 heterocycles. The average Bonchev–Trinajstić information content (AvgIpc) is 2.03. The largest absolute Gasteiger partial charge is 0.297 e. The molecule has 1 aliphatic heterocycles. The number of rotatable bonds is 2. The van der Waals surface area contributed by atoms with E-state index >= 15 is 0 Å². The highest BCUT2D eigenvalue weighted by molar-refractivity contribution is 5.83. The Labute approximate surface area is 68.0 Å². The molecule has 0 aromatic rings. The fourth-order valence-electron chi connectivity index (χ4n) is 1.36. The first-order valence-electron chi connectivity index (χ1n) is 4.22. The molecule has 0 atom stereocenters. The summed E-state index contributed by atoms with van der Waals surface area (Å²) in [7, 11) is 0. The fourth-order valence-corrected chi connectivity index (χ4v) is 1.36. The van der Waals surface area contributed by atoms with Gasteiger partial charge in [0.25, 0.3) is 0 Å². The standard InChI is InChI=1S/C8H16N2O/c1-3-9-5-8(11)6-10(4-2)7-9/h3-7H2,1-2H3. The van der Waals surface area contributed by atoms with Crippen molar-refractivity contribution in [3.63, 3.8) is 0 Å². The first-order chi connectivity index (χ1) is 5.26. The van der Waals surface area contributed by atoms with Crippen LogP contribution in [0.15, 0.2) is 0 Å². The summed E-state index contributed by atoms with van der Waals surface area (Å²) in [5.41, 5.74) is 0. The van der Waals surface area contributed by atoms with Gasteiger partial charge in [-0.3, -0.25) is 14.6 Å². The summed E-state index contributed by atoms with van der Waals surface area (Å²) in [6.45, 7) is 8.38. The van der Waals surface area contributed by atoms with Crippen molar-refractivity contribution in [2.24, 2.45) is 0 Å². The molecule has 64 valence electrons. The molecular weight excluding hydrogens is 140 g/mol. The van der Waals surface area contributed by atoms with E-state index in [0.717, 1.165) is 19.8 Å². The summed E-state index contributed by atoms with van der Waals surface area (Å²) < 4.78 is 0. The van der Waals surface area contributed by atoms with Crippen LogP contribution in [0.5, 0.6) is 0 Å². The summed E-state index contributed by atoms with van der Waals surface area (Å²) in [6.07, 6.45) is 0. The zero-order valence-corrected chi connectivity index (χ0v) is 7.34. The van der Waals surface area contributed by atoms with Crippen LogP contribution in [-0.2, 0) is 4.79 Å². The Morgan fingerprint density at radius 1 is 1.18 bits per heavy atom. The maximum atomic E-state index is 11.1. The van der Waals surface area contributed by atoms with E-state index in [2.05, 4.69) is 23.6 Å². The van der Waals surface area contributed by atoms with E-state index in [1.54, 1.807) is 0 Å². The summed E-state index contributed by atoms with van der Waals surface area (Å²) in [4.78, 5) is 15.4. The molecule has 11 heavy (non-hydrogen) atoms. The smallest absolute Gasteiger partial charge is 0.160 e. The maximum Gasteiger partial charge on any atom is 0.160 e. The molecular formula is C8H16N2O. The van der Waals surface area contributed by atoms with Gasteiger partial charge in [-0.25, -0.2) is 0 Å². The molecule has 1 aliphatic rings. The summed E-state index contributed by atoms with van der Waals surface area (Å²) in [5.74, 6) is 0.347. The lowest BCUT2D eigenvalue weighted by atomic mass is 10.3. The number of ketones is 1. The van der Waals surface area contributed by atoms with Gasteiger partial charge in [-0.2, -0.15) is 0 Å². The minimum absolute atomic E-state index is 0.347.